The second kappa shape index (κ2) is 8.61. The van der Waals surface area contributed by atoms with E-state index in [0.29, 0.717) is 46.3 Å². The summed E-state index contributed by atoms with van der Waals surface area (Å²) in [5.74, 6) is 3.20. The van der Waals surface area contributed by atoms with Crippen LogP contribution in [0.4, 0.5) is 0 Å². The molecule has 0 aromatic heterocycles. The van der Waals surface area contributed by atoms with Crippen LogP contribution < -0.4 is 0 Å². The first kappa shape index (κ1) is 24.3. The SMILES string of the molecule is CC(C)C(O)/C=C/[C@@H](C)[C@H]1CCC2C3C(CC[C@@]21C)[C@@]1(C)CCC2(CC1C[C@H]3O)OCCO2. The number of allylic oxidation sites excluding steroid dienone is 1. The highest BCUT2D eigenvalue weighted by molar-refractivity contribution is 5.13. The van der Waals surface area contributed by atoms with Gasteiger partial charge in [0.2, 0.25) is 0 Å². The number of aliphatic hydroxyl groups excluding tert-OH is 2. The third-order valence-electron chi connectivity index (χ3n) is 11.5. The van der Waals surface area contributed by atoms with Gasteiger partial charge in [-0.25, -0.2) is 0 Å². The van der Waals surface area contributed by atoms with E-state index in [4.69, 9.17) is 9.47 Å². The maximum absolute atomic E-state index is 11.6. The standard InChI is InChI=1S/C29H48O4/c1-18(2)24(30)9-6-19(3)21-7-8-22-26-23(10-11-28(21,22)5)27(4)12-13-29(32-14-15-33-29)17-20(27)16-25(26)31/h6,9,18-26,30-31H,7-8,10-17H2,1-5H3/b9-6+/t19-,20?,21-,22?,23?,24?,25-,26?,27+,28-/m1/s1. The molecule has 5 fully saturated rings. The Hall–Kier alpha value is -0.420. The number of ether oxygens (including phenoxy) is 2. The second-order valence-corrected chi connectivity index (χ2v) is 13.3. The molecule has 0 aromatic rings. The quantitative estimate of drug-likeness (QED) is 0.539. The molecule has 5 rings (SSSR count). The van der Waals surface area contributed by atoms with Gasteiger partial charge in [-0.3, -0.25) is 0 Å². The first-order valence-corrected chi connectivity index (χ1v) is 13.9. The number of rotatable bonds is 4. The molecule has 1 saturated heterocycles. The fourth-order valence-corrected chi connectivity index (χ4v) is 9.47. The maximum atomic E-state index is 11.6. The van der Waals surface area contributed by atoms with Gasteiger partial charge in [-0.15, -0.1) is 0 Å². The summed E-state index contributed by atoms with van der Waals surface area (Å²) in [4.78, 5) is 0. The van der Waals surface area contributed by atoms with E-state index in [1.807, 2.05) is 6.08 Å². The molecule has 188 valence electrons. The Bertz CT molecular complexity index is 742. The van der Waals surface area contributed by atoms with E-state index in [9.17, 15) is 10.2 Å². The monoisotopic (exact) mass is 460 g/mol. The van der Waals surface area contributed by atoms with Crippen LogP contribution in [0, 0.1) is 52.3 Å². The first-order valence-electron chi connectivity index (χ1n) is 13.9. The lowest BCUT2D eigenvalue weighted by molar-refractivity contribution is -0.242. The highest BCUT2D eigenvalue weighted by Crippen LogP contribution is 2.69. The van der Waals surface area contributed by atoms with Gasteiger partial charge in [0.05, 0.1) is 25.4 Å². The van der Waals surface area contributed by atoms with E-state index in [1.54, 1.807) is 0 Å². The van der Waals surface area contributed by atoms with Crippen molar-refractivity contribution in [2.45, 2.75) is 104 Å². The molecule has 4 saturated carbocycles. The highest BCUT2D eigenvalue weighted by atomic mass is 16.7. The predicted molar refractivity (Wildman–Crippen MR) is 130 cm³/mol. The van der Waals surface area contributed by atoms with Crippen LogP contribution in [0.25, 0.3) is 0 Å². The van der Waals surface area contributed by atoms with Crippen molar-refractivity contribution in [2.24, 2.45) is 52.3 Å². The van der Waals surface area contributed by atoms with Crippen LogP contribution in [0.5, 0.6) is 0 Å². The Morgan fingerprint density at radius 2 is 1.58 bits per heavy atom. The minimum absolute atomic E-state index is 0.193. The lowest BCUT2D eigenvalue weighted by Crippen LogP contribution is -2.60. The molecule has 5 unspecified atom stereocenters. The molecule has 1 spiro atoms. The summed E-state index contributed by atoms with van der Waals surface area (Å²) >= 11 is 0. The summed E-state index contributed by atoms with van der Waals surface area (Å²) in [6.45, 7) is 13.0. The van der Waals surface area contributed by atoms with Crippen molar-refractivity contribution in [3.05, 3.63) is 12.2 Å². The molecule has 1 heterocycles. The number of fused-ring (bicyclic) bond motifs is 5. The Labute approximate surface area is 201 Å². The van der Waals surface area contributed by atoms with E-state index in [0.717, 1.165) is 32.5 Å². The van der Waals surface area contributed by atoms with Crippen LogP contribution in [0.15, 0.2) is 12.2 Å². The molecule has 5 aliphatic rings. The van der Waals surface area contributed by atoms with Crippen LogP contribution in [0.1, 0.15) is 86.0 Å². The van der Waals surface area contributed by atoms with Gasteiger partial charge in [-0.1, -0.05) is 46.8 Å². The van der Waals surface area contributed by atoms with Gasteiger partial charge in [0.1, 0.15) is 0 Å². The van der Waals surface area contributed by atoms with Crippen molar-refractivity contribution in [3.63, 3.8) is 0 Å². The molecule has 2 N–H and O–H groups in total. The zero-order valence-electron chi connectivity index (χ0n) is 21.6. The van der Waals surface area contributed by atoms with Gasteiger partial charge in [-0.2, -0.15) is 0 Å². The fourth-order valence-electron chi connectivity index (χ4n) is 9.47. The normalized spacial score (nSPS) is 48.6. The summed E-state index contributed by atoms with van der Waals surface area (Å²) < 4.78 is 12.2. The third kappa shape index (κ3) is 3.86. The van der Waals surface area contributed by atoms with E-state index in [-0.39, 0.29) is 23.9 Å². The van der Waals surface area contributed by atoms with Crippen molar-refractivity contribution in [2.75, 3.05) is 13.2 Å². The first-order chi connectivity index (χ1) is 15.6. The van der Waals surface area contributed by atoms with Crippen LogP contribution in [-0.2, 0) is 9.47 Å². The lowest BCUT2D eigenvalue weighted by atomic mass is 9.43. The molecule has 10 atom stereocenters. The summed E-state index contributed by atoms with van der Waals surface area (Å²) in [5, 5.41) is 21.9. The van der Waals surface area contributed by atoms with Crippen LogP contribution in [0.3, 0.4) is 0 Å². The molecular formula is C29H48O4. The van der Waals surface area contributed by atoms with Crippen LogP contribution in [0.2, 0.25) is 0 Å². The highest BCUT2D eigenvalue weighted by Gasteiger charge is 2.64. The number of hydrogen-bond donors (Lipinski definition) is 2. The molecule has 0 aromatic carbocycles. The van der Waals surface area contributed by atoms with Gasteiger partial charge in [0.25, 0.3) is 0 Å². The zero-order chi connectivity index (χ0) is 23.6. The molecule has 4 nitrogen and oxygen atoms in total. The Balaban J connectivity index is 1.34. The third-order valence-corrected chi connectivity index (χ3v) is 11.5. The summed E-state index contributed by atoms with van der Waals surface area (Å²) in [6, 6.07) is 0. The summed E-state index contributed by atoms with van der Waals surface area (Å²) in [5.41, 5.74) is 0.599. The van der Waals surface area contributed by atoms with E-state index < -0.39 is 0 Å². The van der Waals surface area contributed by atoms with Crippen LogP contribution in [-0.4, -0.2) is 41.4 Å². The number of aliphatic hydroxyl groups is 2. The predicted octanol–water partition coefficient (Wildman–Crippen LogP) is 5.57. The minimum Gasteiger partial charge on any atom is -0.393 e. The van der Waals surface area contributed by atoms with Gasteiger partial charge < -0.3 is 19.7 Å². The molecule has 0 radical (unpaired) electrons. The topological polar surface area (TPSA) is 58.9 Å². The fraction of sp³-hybridized carbons (Fsp3) is 0.931. The largest absolute Gasteiger partial charge is 0.393 e. The Morgan fingerprint density at radius 3 is 2.27 bits per heavy atom. The average molecular weight is 461 g/mol. The van der Waals surface area contributed by atoms with Gasteiger partial charge in [0, 0.05) is 12.8 Å². The molecule has 0 amide bonds. The molecule has 4 aliphatic carbocycles. The van der Waals surface area contributed by atoms with Crippen LogP contribution >= 0.6 is 0 Å². The van der Waals surface area contributed by atoms with Crippen molar-refractivity contribution >= 4 is 0 Å². The molecule has 1 aliphatic heterocycles. The van der Waals surface area contributed by atoms with Gasteiger partial charge >= 0.3 is 0 Å². The zero-order valence-corrected chi connectivity index (χ0v) is 21.6. The van der Waals surface area contributed by atoms with E-state index >= 15 is 0 Å². The maximum Gasteiger partial charge on any atom is 0.168 e. The Morgan fingerprint density at radius 1 is 0.879 bits per heavy atom. The molecule has 33 heavy (non-hydrogen) atoms. The van der Waals surface area contributed by atoms with Crippen molar-refractivity contribution in [1.82, 2.24) is 0 Å². The second-order valence-electron chi connectivity index (χ2n) is 13.3. The average Bonchev–Trinajstić information content (AvgIpc) is 3.37. The van der Waals surface area contributed by atoms with Crippen molar-refractivity contribution in [1.29, 1.82) is 0 Å². The Kier molecular flexibility index (Phi) is 6.33. The smallest absolute Gasteiger partial charge is 0.168 e. The summed E-state index contributed by atoms with van der Waals surface area (Å²) in [7, 11) is 0. The number of hydrogen-bond acceptors (Lipinski definition) is 4. The van der Waals surface area contributed by atoms with Gasteiger partial charge in [-0.05, 0) is 90.8 Å². The van der Waals surface area contributed by atoms with E-state index in [1.165, 1.54) is 32.1 Å². The minimum atomic E-state index is -0.360. The van der Waals surface area contributed by atoms with Crippen molar-refractivity contribution in [3.8, 4) is 0 Å². The van der Waals surface area contributed by atoms with E-state index in [2.05, 4.69) is 40.7 Å². The summed E-state index contributed by atoms with van der Waals surface area (Å²) in [6.07, 6.45) is 12.9. The molecular weight excluding hydrogens is 412 g/mol. The molecule has 4 heteroatoms. The van der Waals surface area contributed by atoms with Crippen molar-refractivity contribution < 1.29 is 19.7 Å². The van der Waals surface area contributed by atoms with Gasteiger partial charge in [0.15, 0.2) is 5.79 Å². The molecule has 0 bridgehead atoms. The lowest BCUT2D eigenvalue weighted by Gasteiger charge is -2.63.